The first-order valence-electron chi connectivity index (χ1n) is 11.4. The van der Waals surface area contributed by atoms with Crippen molar-refractivity contribution in [3.8, 4) is 0 Å². The van der Waals surface area contributed by atoms with Crippen LogP contribution in [0.3, 0.4) is 0 Å². The summed E-state index contributed by atoms with van der Waals surface area (Å²) in [5, 5.41) is 0. The first kappa shape index (κ1) is 22.1. The van der Waals surface area contributed by atoms with Gasteiger partial charge in [0.15, 0.2) is 0 Å². The van der Waals surface area contributed by atoms with Crippen LogP contribution in [0.5, 0.6) is 0 Å². The van der Waals surface area contributed by atoms with Gasteiger partial charge in [-0.2, -0.15) is 0 Å². The Hall–Kier alpha value is -3.15. The second-order valence-corrected chi connectivity index (χ2v) is 8.94. The largest absolute Gasteiger partial charge is 0.341 e. The summed E-state index contributed by atoms with van der Waals surface area (Å²) >= 11 is 0. The van der Waals surface area contributed by atoms with Gasteiger partial charge in [-0.1, -0.05) is 43.3 Å². The summed E-state index contributed by atoms with van der Waals surface area (Å²) in [5.41, 5.74) is 2.97. The predicted octanol–water partition coefficient (Wildman–Crippen LogP) is 3.99. The number of hydrogen-bond acceptors (Lipinski definition) is 3. The molecule has 168 valence electrons. The zero-order valence-electron chi connectivity index (χ0n) is 19.1. The monoisotopic (exact) mass is 433 g/mol. The highest BCUT2D eigenvalue weighted by Gasteiger charge is 2.52. The Morgan fingerprint density at radius 1 is 1.06 bits per heavy atom. The molecule has 2 aliphatic rings. The molecule has 32 heavy (non-hydrogen) atoms. The Morgan fingerprint density at radius 3 is 2.47 bits per heavy atom. The number of carbonyl (C=O) groups excluding carboxylic acids is 3. The number of rotatable bonds is 7. The maximum atomic E-state index is 13.3. The van der Waals surface area contributed by atoms with Crippen LogP contribution in [0, 0.1) is 0 Å². The maximum Gasteiger partial charge on any atom is 0.257 e. The van der Waals surface area contributed by atoms with E-state index in [1.54, 1.807) is 20.8 Å². The van der Waals surface area contributed by atoms with Crippen LogP contribution in [0.25, 0.3) is 0 Å². The molecule has 0 saturated carbocycles. The molecule has 2 aromatic carbocycles. The molecule has 0 N–H and O–H groups in total. The van der Waals surface area contributed by atoms with E-state index in [1.165, 1.54) is 5.56 Å². The fourth-order valence-electron chi connectivity index (χ4n) is 4.86. The molecule has 0 spiro atoms. The average Bonchev–Trinajstić information content (AvgIpc) is 3.11. The van der Waals surface area contributed by atoms with Gasteiger partial charge in [0.1, 0.15) is 5.66 Å². The highest BCUT2D eigenvalue weighted by atomic mass is 16.2. The number of amides is 3. The van der Waals surface area contributed by atoms with Gasteiger partial charge in [-0.25, -0.2) is 0 Å². The van der Waals surface area contributed by atoms with Crippen molar-refractivity contribution in [2.75, 3.05) is 18.5 Å². The van der Waals surface area contributed by atoms with E-state index in [1.807, 2.05) is 32.2 Å². The SMILES string of the molecule is CCc1ccc(CN(C)C(=O)CCCN2C(=O)c3ccccc3N3C(=O)CCC23C)cc1. The van der Waals surface area contributed by atoms with Crippen molar-refractivity contribution in [1.82, 2.24) is 9.80 Å². The van der Waals surface area contributed by atoms with Crippen molar-refractivity contribution in [3.63, 3.8) is 0 Å². The van der Waals surface area contributed by atoms with E-state index in [9.17, 15) is 14.4 Å². The second kappa shape index (κ2) is 8.77. The Morgan fingerprint density at radius 2 is 1.75 bits per heavy atom. The second-order valence-electron chi connectivity index (χ2n) is 8.94. The van der Waals surface area contributed by atoms with Crippen LogP contribution < -0.4 is 4.90 Å². The minimum Gasteiger partial charge on any atom is -0.341 e. The molecule has 0 radical (unpaired) electrons. The Bertz CT molecular complexity index is 1030. The fraction of sp³-hybridized carbons (Fsp3) is 0.423. The standard InChI is InChI=1S/C26H31N3O3/c1-4-19-11-13-20(14-12-19)18-27(3)23(30)10-7-17-28-25(32)21-8-5-6-9-22(21)29-24(31)15-16-26(28,29)2/h5-6,8-9,11-14H,4,7,10,15-18H2,1-3H3. The summed E-state index contributed by atoms with van der Waals surface area (Å²) in [5.74, 6) is 0.0344. The number of fused-ring (bicyclic) bond motifs is 3. The van der Waals surface area contributed by atoms with Gasteiger partial charge >= 0.3 is 0 Å². The fourth-order valence-corrected chi connectivity index (χ4v) is 4.86. The average molecular weight is 434 g/mol. The van der Waals surface area contributed by atoms with Gasteiger partial charge in [0, 0.05) is 33.0 Å². The van der Waals surface area contributed by atoms with Crippen LogP contribution in [0.15, 0.2) is 48.5 Å². The molecule has 6 heteroatoms. The van der Waals surface area contributed by atoms with E-state index < -0.39 is 5.66 Å². The lowest BCUT2D eigenvalue weighted by Crippen LogP contribution is -2.62. The lowest BCUT2D eigenvalue weighted by molar-refractivity contribution is -0.130. The molecule has 1 atom stereocenters. The molecule has 2 aliphatic heterocycles. The Labute approximate surface area is 189 Å². The Kier molecular flexibility index (Phi) is 6.04. The molecular weight excluding hydrogens is 402 g/mol. The number of carbonyl (C=O) groups is 3. The third-order valence-corrected chi connectivity index (χ3v) is 6.79. The van der Waals surface area contributed by atoms with E-state index in [4.69, 9.17) is 0 Å². The summed E-state index contributed by atoms with van der Waals surface area (Å²) in [4.78, 5) is 43.9. The minimum absolute atomic E-state index is 0.0438. The summed E-state index contributed by atoms with van der Waals surface area (Å²) < 4.78 is 0. The lowest BCUT2D eigenvalue weighted by Gasteiger charge is -2.48. The molecule has 0 bridgehead atoms. The molecule has 4 rings (SSSR count). The number of anilines is 1. The summed E-state index contributed by atoms with van der Waals surface area (Å²) in [7, 11) is 1.82. The highest BCUT2D eigenvalue weighted by Crippen LogP contribution is 2.44. The van der Waals surface area contributed by atoms with Gasteiger partial charge in [0.25, 0.3) is 5.91 Å². The molecule has 0 aliphatic carbocycles. The molecule has 1 fully saturated rings. The van der Waals surface area contributed by atoms with Crippen LogP contribution in [-0.4, -0.2) is 46.8 Å². The van der Waals surface area contributed by atoms with Gasteiger partial charge in [-0.15, -0.1) is 0 Å². The van der Waals surface area contributed by atoms with Gasteiger partial charge in [0.05, 0.1) is 11.3 Å². The first-order valence-corrected chi connectivity index (χ1v) is 11.4. The third-order valence-electron chi connectivity index (χ3n) is 6.79. The van der Waals surface area contributed by atoms with Crippen LogP contribution in [0.1, 0.15) is 61.0 Å². The number of para-hydroxylation sites is 1. The van der Waals surface area contributed by atoms with E-state index in [2.05, 4.69) is 31.2 Å². The number of benzene rings is 2. The molecular formula is C26H31N3O3. The zero-order valence-corrected chi connectivity index (χ0v) is 19.1. The van der Waals surface area contributed by atoms with E-state index in [0.717, 1.165) is 12.0 Å². The molecule has 2 heterocycles. The summed E-state index contributed by atoms with van der Waals surface area (Å²) in [6.45, 7) is 5.09. The van der Waals surface area contributed by atoms with Crippen molar-refractivity contribution in [2.24, 2.45) is 0 Å². The molecule has 1 saturated heterocycles. The molecule has 0 aromatic heterocycles. The topological polar surface area (TPSA) is 60.9 Å². The van der Waals surface area contributed by atoms with Crippen molar-refractivity contribution in [1.29, 1.82) is 0 Å². The van der Waals surface area contributed by atoms with Crippen LogP contribution >= 0.6 is 0 Å². The quantitative estimate of drug-likeness (QED) is 0.663. The lowest BCUT2D eigenvalue weighted by atomic mass is 9.98. The third kappa shape index (κ3) is 3.90. The highest BCUT2D eigenvalue weighted by molar-refractivity contribution is 6.10. The smallest absolute Gasteiger partial charge is 0.257 e. The molecule has 1 unspecified atom stereocenters. The normalized spacial score (nSPS) is 19.7. The van der Waals surface area contributed by atoms with Gasteiger partial charge in [-0.3, -0.25) is 19.3 Å². The van der Waals surface area contributed by atoms with Crippen LogP contribution in [0.4, 0.5) is 5.69 Å². The zero-order chi connectivity index (χ0) is 22.9. The van der Waals surface area contributed by atoms with Crippen molar-refractivity contribution >= 4 is 23.4 Å². The minimum atomic E-state index is -0.668. The van der Waals surface area contributed by atoms with Crippen molar-refractivity contribution < 1.29 is 14.4 Å². The van der Waals surface area contributed by atoms with Crippen LogP contribution in [0.2, 0.25) is 0 Å². The molecule has 3 amide bonds. The summed E-state index contributed by atoms with van der Waals surface area (Å²) in [6, 6.07) is 15.6. The van der Waals surface area contributed by atoms with Gasteiger partial charge in [0.2, 0.25) is 11.8 Å². The van der Waals surface area contributed by atoms with Crippen molar-refractivity contribution in [2.45, 2.75) is 58.2 Å². The van der Waals surface area contributed by atoms with Gasteiger partial charge < -0.3 is 9.80 Å². The van der Waals surface area contributed by atoms with E-state index in [-0.39, 0.29) is 17.7 Å². The molecule has 2 aromatic rings. The predicted molar refractivity (Wildman–Crippen MR) is 124 cm³/mol. The van der Waals surface area contributed by atoms with E-state index >= 15 is 0 Å². The van der Waals surface area contributed by atoms with E-state index in [0.29, 0.717) is 50.0 Å². The number of nitrogens with zero attached hydrogens (tertiary/aromatic N) is 3. The van der Waals surface area contributed by atoms with Crippen LogP contribution in [-0.2, 0) is 22.6 Å². The number of aryl methyl sites for hydroxylation is 1. The van der Waals surface area contributed by atoms with Crippen molar-refractivity contribution in [3.05, 3.63) is 65.2 Å². The number of hydrogen-bond donors (Lipinski definition) is 0. The van der Waals surface area contributed by atoms with Gasteiger partial charge in [-0.05, 0) is 49.4 Å². The first-order chi connectivity index (χ1) is 15.3. The maximum absolute atomic E-state index is 13.3. The summed E-state index contributed by atoms with van der Waals surface area (Å²) in [6.07, 6.45) is 2.94. The Balaban J connectivity index is 1.40. The molecule has 6 nitrogen and oxygen atoms in total.